The van der Waals surface area contributed by atoms with E-state index in [0.29, 0.717) is 6.54 Å². The molecular weight excluding hydrogens is 202 g/mol. The molecule has 1 aromatic carbocycles. The van der Waals surface area contributed by atoms with Gasteiger partial charge in [0.15, 0.2) is 0 Å². The number of aliphatic hydroxyl groups excluding tert-OH is 1. The van der Waals surface area contributed by atoms with Crippen LogP contribution in [-0.2, 0) is 6.61 Å². The summed E-state index contributed by atoms with van der Waals surface area (Å²) in [6.45, 7) is 0.603. The van der Waals surface area contributed by atoms with Gasteiger partial charge in [0.1, 0.15) is 0 Å². The molecule has 3 heteroatoms. The van der Waals surface area contributed by atoms with Gasteiger partial charge in [-0.1, -0.05) is 31.0 Å². The molecule has 2 rings (SSSR count). The first-order valence-corrected chi connectivity index (χ1v) is 5.88. The first-order chi connectivity index (χ1) is 7.73. The van der Waals surface area contributed by atoms with Crippen LogP contribution in [0.2, 0.25) is 0 Å². The lowest BCUT2D eigenvalue weighted by atomic mass is 10.0. The summed E-state index contributed by atoms with van der Waals surface area (Å²) >= 11 is 0. The van der Waals surface area contributed by atoms with Gasteiger partial charge < -0.3 is 15.5 Å². The van der Waals surface area contributed by atoms with Gasteiger partial charge >= 0.3 is 0 Å². The Hall–Kier alpha value is -1.06. The van der Waals surface area contributed by atoms with Crippen molar-refractivity contribution in [1.82, 2.24) is 0 Å². The van der Waals surface area contributed by atoms with Crippen molar-refractivity contribution >= 4 is 5.69 Å². The van der Waals surface area contributed by atoms with Crippen LogP contribution in [0.15, 0.2) is 24.3 Å². The largest absolute Gasteiger partial charge is 0.392 e. The zero-order valence-electron chi connectivity index (χ0n) is 9.45. The second-order valence-electron chi connectivity index (χ2n) is 4.60. The summed E-state index contributed by atoms with van der Waals surface area (Å²) in [5, 5.41) is 22.6. The van der Waals surface area contributed by atoms with Gasteiger partial charge in [0.05, 0.1) is 12.2 Å². The number of hydrogen-bond donors (Lipinski definition) is 3. The van der Waals surface area contributed by atoms with Crippen molar-refractivity contribution in [2.24, 2.45) is 0 Å². The van der Waals surface area contributed by atoms with Crippen molar-refractivity contribution in [2.75, 3.05) is 11.9 Å². The molecule has 1 aliphatic carbocycles. The first kappa shape index (κ1) is 11.4. The number of para-hydroxylation sites is 1. The molecule has 0 saturated heterocycles. The Kier molecular flexibility index (Phi) is 3.46. The molecule has 0 radical (unpaired) electrons. The molecule has 0 amide bonds. The topological polar surface area (TPSA) is 52.5 Å². The van der Waals surface area contributed by atoms with Crippen molar-refractivity contribution in [2.45, 2.75) is 37.9 Å². The highest BCUT2D eigenvalue weighted by atomic mass is 16.3. The fraction of sp³-hybridized carbons (Fsp3) is 0.538. The maximum absolute atomic E-state index is 10.2. The van der Waals surface area contributed by atoms with Gasteiger partial charge in [0, 0.05) is 17.8 Å². The van der Waals surface area contributed by atoms with Gasteiger partial charge in [-0.3, -0.25) is 0 Å². The fourth-order valence-corrected chi connectivity index (χ4v) is 2.30. The van der Waals surface area contributed by atoms with Crippen LogP contribution in [0.5, 0.6) is 0 Å². The van der Waals surface area contributed by atoms with Crippen LogP contribution in [0.4, 0.5) is 5.69 Å². The molecular formula is C13H19NO2. The number of anilines is 1. The summed E-state index contributed by atoms with van der Waals surface area (Å²) in [5.74, 6) is 0. The lowest BCUT2D eigenvalue weighted by Gasteiger charge is -2.23. The highest BCUT2D eigenvalue weighted by molar-refractivity contribution is 5.51. The van der Waals surface area contributed by atoms with E-state index in [4.69, 9.17) is 0 Å². The minimum Gasteiger partial charge on any atom is -0.392 e. The van der Waals surface area contributed by atoms with Crippen LogP contribution >= 0.6 is 0 Å². The van der Waals surface area contributed by atoms with Crippen LogP contribution in [0.1, 0.15) is 31.2 Å². The van der Waals surface area contributed by atoms with Crippen molar-refractivity contribution in [3.8, 4) is 0 Å². The Balaban J connectivity index is 1.98. The Bertz CT molecular complexity index is 346. The highest BCUT2D eigenvalue weighted by Crippen LogP contribution is 2.30. The second-order valence-corrected chi connectivity index (χ2v) is 4.60. The smallest absolute Gasteiger partial charge is 0.0819 e. The number of hydrogen-bond acceptors (Lipinski definition) is 3. The average Bonchev–Trinajstić information content (AvgIpc) is 2.74. The van der Waals surface area contributed by atoms with Gasteiger partial charge in [0.25, 0.3) is 0 Å². The van der Waals surface area contributed by atoms with Crippen LogP contribution in [0, 0.1) is 0 Å². The Morgan fingerprint density at radius 1 is 1.19 bits per heavy atom. The molecule has 0 heterocycles. The average molecular weight is 221 g/mol. The number of rotatable bonds is 4. The molecule has 16 heavy (non-hydrogen) atoms. The molecule has 0 spiro atoms. The Morgan fingerprint density at radius 3 is 2.56 bits per heavy atom. The molecule has 0 atom stereocenters. The van der Waals surface area contributed by atoms with Crippen LogP contribution in [-0.4, -0.2) is 22.4 Å². The Morgan fingerprint density at radius 2 is 1.88 bits per heavy atom. The zero-order valence-corrected chi connectivity index (χ0v) is 9.45. The molecule has 0 bridgehead atoms. The predicted octanol–water partition coefficient (Wildman–Crippen LogP) is 1.90. The zero-order chi connectivity index (χ0) is 11.4. The standard InChI is InChI=1S/C13H19NO2/c15-9-11-5-1-2-6-12(11)14-10-13(16)7-3-4-8-13/h1-2,5-6,14-16H,3-4,7-10H2. The molecule has 88 valence electrons. The molecule has 1 aromatic rings. The normalized spacial score (nSPS) is 18.6. The number of benzene rings is 1. The minimum atomic E-state index is -0.553. The van der Waals surface area contributed by atoms with E-state index in [0.717, 1.165) is 36.9 Å². The van der Waals surface area contributed by atoms with Crippen molar-refractivity contribution in [3.05, 3.63) is 29.8 Å². The second kappa shape index (κ2) is 4.85. The lowest BCUT2D eigenvalue weighted by molar-refractivity contribution is 0.0614. The molecule has 3 nitrogen and oxygen atoms in total. The monoisotopic (exact) mass is 221 g/mol. The van der Waals surface area contributed by atoms with E-state index in [1.165, 1.54) is 0 Å². The summed E-state index contributed by atoms with van der Waals surface area (Å²) in [5.41, 5.74) is 1.25. The third-order valence-corrected chi connectivity index (χ3v) is 3.33. The van der Waals surface area contributed by atoms with E-state index in [-0.39, 0.29) is 6.61 Å². The van der Waals surface area contributed by atoms with Crippen LogP contribution < -0.4 is 5.32 Å². The van der Waals surface area contributed by atoms with Crippen LogP contribution in [0.3, 0.4) is 0 Å². The molecule has 1 fully saturated rings. The van der Waals surface area contributed by atoms with Crippen molar-refractivity contribution in [1.29, 1.82) is 0 Å². The third-order valence-electron chi connectivity index (χ3n) is 3.33. The molecule has 3 N–H and O–H groups in total. The van der Waals surface area contributed by atoms with E-state index in [1.807, 2.05) is 24.3 Å². The third kappa shape index (κ3) is 2.54. The van der Waals surface area contributed by atoms with Gasteiger partial charge in [-0.05, 0) is 18.9 Å². The predicted molar refractivity (Wildman–Crippen MR) is 64.3 cm³/mol. The fourth-order valence-electron chi connectivity index (χ4n) is 2.30. The summed E-state index contributed by atoms with van der Waals surface area (Å²) in [6.07, 6.45) is 3.97. The van der Waals surface area contributed by atoms with Crippen molar-refractivity contribution in [3.63, 3.8) is 0 Å². The highest BCUT2D eigenvalue weighted by Gasteiger charge is 2.30. The number of nitrogens with one attached hydrogen (secondary N) is 1. The SMILES string of the molecule is OCc1ccccc1NCC1(O)CCCC1. The Labute approximate surface area is 96.1 Å². The van der Waals surface area contributed by atoms with E-state index in [2.05, 4.69) is 5.32 Å². The van der Waals surface area contributed by atoms with E-state index >= 15 is 0 Å². The van der Waals surface area contributed by atoms with E-state index in [9.17, 15) is 10.2 Å². The quantitative estimate of drug-likeness (QED) is 0.728. The van der Waals surface area contributed by atoms with Crippen LogP contribution in [0.25, 0.3) is 0 Å². The summed E-state index contributed by atoms with van der Waals surface area (Å²) in [4.78, 5) is 0. The molecule has 0 unspecified atom stereocenters. The molecule has 1 aliphatic rings. The van der Waals surface area contributed by atoms with Crippen molar-refractivity contribution < 1.29 is 10.2 Å². The van der Waals surface area contributed by atoms with E-state index in [1.54, 1.807) is 0 Å². The van der Waals surface area contributed by atoms with Gasteiger partial charge in [-0.15, -0.1) is 0 Å². The first-order valence-electron chi connectivity index (χ1n) is 5.88. The van der Waals surface area contributed by atoms with Gasteiger partial charge in [-0.2, -0.15) is 0 Å². The minimum absolute atomic E-state index is 0.0294. The molecule has 1 saturated carbocycles. The number of aliphatic hydroxyl groups is 2. The van der Waals surface area contributed by atoms with Gasteiger partial charge in [0.2, 0.25) is 0 Å². The van der Waals surface area contributed by atoms with Gasteiger partial charge in [-0.25, -0.2) is 0 Å². The molecule has 0 aliphatic heterocycles. The summed E-state index contributed by atoms with van der Waals surface area (Å²) in [6, 6.07) is 7.66. The lowest BCUT2D eigenvalue weighted by Crippen LogP contribution is -2.33. The summed E-state index contributed by atoms with van der Waals surface area (Å²) < 4.78 is 0. The summed E-state index contributed by atoms with van der Waals surface area (Å²) in [7, 11) is 0. The maximum Gasteiger partial charge on any atom is 0.0819 e. The molecule has 0 aromatic heterocycles. The van der Waals surface area contributed by atoms with E-state index < -0.39 is 5.60 Å². The maximum atomic E-state index is 10.2.